The normalized spacial score (nSPS) is 22.2. The zero-order chi connectivity index (χ0) is 27.5. The van der Waals surface area contributed by atoms with Crippen LogP contribution in [-0.4, -0.2) is 55.5 Å². The number of Topliss-reactive ketones (excluding diaryl/α,β-unsaturated/α-hetero) is 1. The lowest BCUT2D eigenvalue weighted by molar-refractivity contribution is -0.119. The van der Waals surface area contributed by atoms with Gasteiger partial charge in [0.2, 0.25) is 5.91 Å². The van der Waals surface area contributed by atoms with Gasteiger partial charge in [0, 0.05) is 29.8 Å². The number of hydrogen-bond acceptors (Lipinski definition) is 6. The van der Waals surface area contributed by atoms with Gasteiger partial charge in [0.25, 0.3) is 0 Å². The van der Waals surface area contributed by atoms with E-state index in [0.717, 1.165) is 53.6 Å². The highest BCUT2D eigenvalue weighted by Crippen LogP contribution is 2.53. The number of ketones is 1. The predicted molar refractivity (Wildman–Crippen MR) is 157 cm³/mol. The van der Waals surface area contributed by atoms with Gasteiger partial charge in [-0.2, -0.15) is 0 Å². The van der Waals surface area contributed by atoms with Crippen molar-refractivity contribution in [2.45, 2.75) is 54.7 Å². The lowest BCUT2D eigenvalue weighted by Crippen LogP contribution is -2.32. The summed E-state index contributed by atoms with van der Waals surface area (Å²) in [6, 6.07) is 22.1. The van der Waals surface area contributed by atoms with E-state index in [1.807, 2.05) is 55.5 Å². The molecule has 6 nitrogen and oxygen atoms in total. The Morgan fingerprint density at radius 3 is 2.58 bits per heavy atom. The van der Waals surface area contributed by atoms with E-state index >= 15 is 0 Å². The van der Waals surface area contributed by atoms with Crippen LogP contribution in [0.25, 0.3) is 0 Å². The minimum atomic E-state index is -0.759. The van der Waals surface area contributed by atoms with Crippen molar-refractivity contribution in [2.24, 2.45) is 0 Å². The number of carbonyl (C=O) groups excluding carboxylic acids is 2. The molecule has 2 atom stereocenters. The maximum Gasteiger partial charge on any atom is 0.220 e. The third kappa shape index (κ3) is 5.63. The van der Waals surface area contributed by atoms with E-state index in [0.29, 0.717) is 31.6 Å². The van der Waals surface area contributed by atoms with Crippen molar-refractivity contribution in [3.8, 4) is 11.5 Å². The molecule has 40 heavy (non-hydrogen) atoms. The Morgan fingerprint density at radius 1 is 1.05 bits per heavy atom. The summed E-state index contributed by atoms with van der Waals surface area (Å²) in [6.07, 6.45) is 4.53. The fraction of sp³-hybridized carbons (Fsp3) is 0.394. The minimum absolute atomic E-state index is 0.0477. The summed E-state index contributed by atoms with van der Waals surface area (Å²) in [5.74, 6) is 1.76. The van der Waals surface area contributed by atoms with Gasteiger partial charge in [-0.3, -0.25) is 14.5 Å². The minimum Gasteiger partial charge on any atom is -0.492 e. The summed E-state index contributed by atoms with van der Waals surface area (Å²) in [5, 5.41) is 2.95. The van der Waals surface area contributed by atoms with E-state index < -0.39 is 4.75 Å². The summed E-state index contributed by atoms with van der Waals surface area (Å²) in [4.78, 5) is 29.4. The van der Waals surface area contributed by atoms with Crippen LogP contribution < -0.4 is 14.8 Å². The highest BCUT2D eigenvalue weighted by atomic mass is 32.2. The first kappa shape index (κ1) is 26.9. The van der Waals surface area contributed by atoms with Crippen LogP contribution in [0.1, 0.15) is 52.7 Å². The van der Waals surface area contributed by atoms with Gasteiger partial charge in [-0.1, -0.05) is 30.3 Å². The van der Waals surface area contributed by atoms with E-state index in [2.05, 4.69) is 28.4 Å². The van der Waals surface area contributed by atoms with Crippen LogP contribution in [0, 0.1) is 6.92 Å². The number of nitrogens with one attached hydrogen (secondary N) is 1. The van der Waals surface area contributed by atoms with Gasteiger partial charge in [0.15, 0.2) is 5.78 Å². The van der Waals surface area contributed by atoms with E-state index in [1.165, 1.54) is 18.4 Å². The average Bonchev–Trinajstić information content (AvgIpc) is 3.73. The smallest absolute Gasteiger partial charge is 0.220 e. The zero-order valence-electron chi connectivity index (χ0n) is 23.0. The summed E-state index contributed by atoms with van der Waals surface area (Å²) in [6.45, 7) is 6.37. The van der Waals surface area contributed by atoms with Gasteiger partial charge in [-0.15, -0.1) is 11.8 Å². The number of aryl methyl sites for hydroxylation is 1. The summed E-state index contributed by atoms with van der Waals surface area (Å²) >= 11 is 1.65. The van der Waals surface area contributed by atoms with Crippen LogP contribution in [0.2, 0.25) is 0 Å². The zero-order valence-corrected chi connectivity index (χ0v) is 23.8. The number of nitrogens with zero attached hydrogens (tertiary/aromatic N) is 1. The van der Waals surface area contributed by atoms with Gasteiger partial charge in [-0.25, -0.2) is 0 Å². The third-order valence-corrected chi connectivity index (χ3v) is 9.75. The summed E-state index contributed by atoms with van der Waals surface area (Å²) in [5.41, 5.74) is 3.83. The molecule has 0 radical (unpaired) electrons. The fourth-order valence-corrected chi connectivity index (χ4v) is 7.43. The standard InChI is InChI=1S/C33H36N2O4S/c1-23-20-26(10-14-29(23)39-22-27-11-15-31(36)34-27)33(21-25-6-2-3-7-30(25)40-33)32(37)24-8-12-28(13-9-24)38-19-18-35-16-4-5-17-35/h2-3,6-10,12-14,20,27H,4-5,11,15-19,21-22H2,1H3,(H,34,36)/t27?,33-/m1/s1. The highest BCUT2D eigenvalue weighted by Gasteiger charge is 2.46. The van der Waals surface area contributed by atoms with E-state index in [1.54, 1.807) is 11.8 Å². The quantitative estimate of drug-likeness (QED) is 0.330. The molecule has 0 saturated carbocycles. The van der Waals surface area contributed by atoms with Gasteiger partial charge in [0.05, 0.1) is 6.04 Å². The number of benzene rings is 3. The second-order valence-electron chi connectivity index (χ2n) is 11.1. The number of carbonyl (C=O) groups is 2. The molecular formula is C33H36N2O4S. The Labute approximate surface area is 240 Å². The molecule has 1 amide bonds. The molecule has 3 aromatic carbocycles. The Hall–Kier alpha value is -3.29. The van der Waals surface area contributed by atoms with Gasteiger partial charge < -0.3 is 14.8 Å². The first-order chi connectivity index (χ1) is 19.5. The molecule has 7 heteroatoms. The molecule has 2 fully saturated rings. The van der Waals surface area contributed by atoms with Crippen molar-refractivity contribution < 1.29 is 19.1 Å². The number of thioether (sulfide) groups is 1. The average molecular weight is 557 g/mol. The number of fused-ring (bicyclic) bond motifs is 1. The molecular weight excluding hydrogens is 520 g/mol. The molecule has 3 aliphatic rings. The first-order valence-electron chi connectivity index (χ1n) is 14.3. The highest BCUT2D eigenvalue weighted by molar-refractivity contribution is 8.01. The molecule has 3 aliphatic heterocycles. The lowest BCUT2D eigenvalue weighted by atomic mass is 9.84. The Bertz CT molecular complexity index is 1360. The van der Waals surface area contributed by atoms with Gasteiger partial charge in [-0.05, 0) is 92.4 Å². The molecule has 0 spiro atoms. The van der Waals surface area contributed by atoms with Crippen molar-refractivity contribution in [1.82, 2.24) is 10.2 Å². The number of ether oxygens (including phenoxy) is 2. The van der Waals surface area contributed by atoms with Crippen LogP contribution in [-0.2, 0) is 16.0 Å². The van der Waals surface area contributed by atoms with Crippen molar-refractivity contribution in [2.75, 3.05) is 32.8 Å². The molecule has 0 aliphatic carbocycles. The number of hydrogen-bond donors (Lipinski definition) is 1. The number of amides is 1. The molecule has 6 rings (SSSR count). The van der Waals surface area contributed by atoms with Crippen LogP contribution >= 0.6 is 11.8 Å². The summed E-state index contributed by atoms with van der Waals surface area (Å²) < 4.78 is 11.3. The molecule has 1 unspecified atom stereocenters. The molecule has 0 aromatic heterocycles. The van der Waals surface area contributed by atoms with Gasteiger partial charge in [0.1, 0.15) is 29.5 Å². The maximum absolute atomic E-state index is 14.3. The predicted octanol–water partition coefficient (Wildman–Crippen LogP) is 5.55. The van der Waals surface area contributed by atoms with Crippen molar-refractivity contribution in [3.05, 3.63) is 89.0 Å². The topological polar surface area (TPSA) is 67.9 Å². The number of rotatable bonds is 10. The maximum atomic E-state index is 14.3. The van der Waals surface area contributed by atoms with E-state index in [4.69, 9.17) is 9.47 Å². The number of likely N-dealkylation sites (tertiary alicyclic amines) is 1. The molecule has 2 saturated heterocycles. The van der Waals surface area contributed by atoms with E-state index in [-0.39, 0.29) is 17.7 Å². The second kappa shape index (κ2) is 11.7. The lowest BCUT2D eigenvalue weighted by Gasteiger charge is -2.28. The van der Waals surface area contributed by atoms with Crippen LogP contribution in [0.5, 0.6) is 11.5 Å². The third-order valence-electron chi connectivity index (χ3n) is 8.22. The molecule has 3 aromatic rings. The monoisotopic (exact) mass is 556 g/mol. The Balaban J connectivity index is 1.21. The Morgan fingerprint density at radius 2 is 1.85 bits per heavy atom. The SMILES string of the molecule is Cc1cc([C@@]2(C(=O)c3ccc(OCCN4CCCC4)cc3)Cc3ccccc3S2)ccc1OCC1CCC(=O)N1. The molecule has 0 bridgehead atoms. The van der Waals surface area contributed by atoms with Crippen LogP contribution in [0.4, 0.5) is 0 Å². The van der Waals surface area contributed by atoms with Crippen molar-refractivity contribution in [1.29, 1.82) is 0 Å². The molecule has 208 valence electrons. The fourth-order valence-electron chi connectivity index (χ4n) is 5.95. The first-order valence-corrected chi connectivity index (χ1v) is 15.1. The summed E-state index contributed by atoms with van der Waals surface area (Å²) in [7, 11) is 0. The van der Waals surface area contributed by atoms with Crippen molar-refractivity contribution in [3.63, 3.8) is 0 Å². The second-order valence-corrected chi connectivity index (χ2v) is 12.4. The Kier molecular flexibility index (Phi) is 7.85. The van der Waals surface area contributed by atoms with Gasteiger partial charge >= 0.3 is 0 Å². The largest absolute Gasteiger partial charge is 0.492 e. The van der Waals surface area contributed by atoms with Crippen LogP contribution in [0.15, 0.2) is 71.6 Å². The van der Waals surface area contributed by atoms with Crippen molar-refractivity contribution >= 4 is 23.5 Å². The molecule has 3 heterocycles. The molecule has 1 N–H and O–H groups in total. The van der Waals surface area contributed by atoms with E-state index in [9.17, 15) is 9.59 Å². The van der Waals surface area contributed by atoms with Crippen LogP contribution in [0.3, 0.4) is 0 Å².